The van der Waals surface area contributed by atoms with E-state index in [0.717, 1.165) is 12.8 Å². The fourth-order valence-corrected chi connectivity index (χ4v) is 2.19. The summed E-state index contributed by atoms with van der Waals surface area (Å²) in [5.74, 6) is -2.35. The van der Waals surface area contributed by atoms with E-state index in [4.69, 9.17) is 0 Å². The molecule has 0 radical (unpaired) electrons. The first-order valence-corrected chi connectivity index (χ1v) is 6.40. The van der Waals surface area contributed by atoms with Crippen LogP contribution in [-0.2, 0) is 0 Å². The summed E-state index contributed by atoms with van der Waals surface area (Å²) in [5.41, 5.74) is -0.642. The standard InChI is InChI=1S/C13H24F2/c1-3-4-5-6-7-8-9-10-12(2)11-13(12,14)15/h3-11H2,1-2H3. The highest BCUT2D eigenvalue weighted by atomic mass is 19.3. The summed E-state index contributed by atoms with van der Waals surface area (Å²) in [6.07, 6.45) is 9.35. The van der Waals surface area contributed by atoms with E-state index in [1.54, 1.807) is 6.92 Å². The molecule has 2 heteroatoms. The molecular weight excluding hydrogens is 194 g/mol. The van der Waals surface area contributed by atoms with E-state index in [9.17, 15) is 8.78 Å². The Morgan fingerprint density at radius 3 is 1.87 bits per heavy atom. The molecule has 90 valence electrons. The zero-order chi connectivity index (χ0) is 11.4. The molecule has 0 N–H and O–H groups in total. The van der Waals surface area contributed by atoms with Gasteiger partial charge in [-0.15, -0.1) is 0 Å². The lowest BCUT2D eigenvalue weighted by molar-refractivity contribution is 0.0659. The monoisotopic (exact) mass is 218 g/mol. The Kier molecular flexibility index (Phi) is 4.54. The van der Waals surface area contributed by atoms with Crippen molar-refractivity contribution >= 4 is 0 Å². The van der Waals surface area contributed by atoms with Crippen molar-refractivity contribution in [2.75, 3.05) is 0 Å². The van der Waals surface area contributed by atoms with Crippen LogP contribution >= 0.6 is 0 Å². The van der Waals surface area contributed by atoms with E-state index in [0.29, 0.717) is 6.42 Å². The van der Waals surface area contributed by atoms with Gasteiger partial charge in [-0.3, -0.25) is 0 Å². The van der Waals surface area contributed by atoms with Crippen LogP contribution in [0.5, 0.6) is 0 Å². The van der Waals surface area contributed by atoms with Crippen molar-refractivity contribution in [3.8, 4) is 0 Å². The zero-order valence-electron chi connectivity index (χ0n) is 10.1. The minimum atomic E-state index is -2.35. The Balaban J connectivity index is 1.90. The second kappa shape index (κ2) is 5.27. The van der Waals surface area contributed by atoms with E-state index in [-0.39, 0.29) is 6.42 Å². The Morgan fingerprint density at radius 2 is 1.40 bits per heavy atom. The molecule has 1 fully saturated rings. The van der Waals surface area contributed by atoms with E-state index in [1.807, 2.05) is 0 Å². The summed E-state index contributed by atoms with van der Waals surface area (Å²) >= 11 is 0. The average Bonchev–Trinajstić information content (AvgIpc) is 2.65. The number of alkyl halides is 2. The van der Waals surface area contributed by atoms with Crippen LogP contribution in [0.4, 0.5) is 8.78 Å². The summed E-state index contributed by atoms with van der Waals surface area (Å²) in [6, 6.07) is 0. The number of hydrogen-bond donors (Lipinski definition) is 0. The maximum atomic E-state index is 12.9. The molecular formula is C13H24F2. The molecule has 1 saturated carbocycles. The minimum absolute atomic E-state index is 0.121. The van der Waals surface area contributed by atoms with Crippen molar-refractivity contribution < 1.29 is 8.78 Å². The average molecular weight is 218 g/mol. The van der Waals surface area contributed by atoms with E-state index in [1.165, 1.54) is 32.1 Å². The summed E-state index contributed by atoms with van der Waals surface area (Å²) < 4.78 is 25.7. The van der Waals surface area contributed by atoms with Crippen LogP contribution in [0.2, 0.25) is 0 Å². The van der Waals surface area contributed by atoms with Gasteiger partial charge in [0, 0.05) is 11.8 Å². The summed E-state index contributed by atoms with van der Waals surface area (Å²) in [6.45, 7) is 3.93. The Morgan fingerprint density at radius 1 is 0.933 bits per heavy atom. The topological polar surface area (TPSA) is 0 Å². The smallest absolute Gasteiger partial charge is 0.206 e. The quantitative estimate of drug-likeness (QED) is 0.493. The number of rotatable bonds is 8. The molecule has 15 heavy (non-hydrogen) atoms. The van der Waals surface area contributed by atoms with Crippen LogP contribution in [0.3, 0.4) is 0 Å². The third-order valence-corrected chi connectivity index (χ3v) is 3.70. The summed E-state index contributed by atoms with van der Waals surface area (Å²) in [7, 11) is 0. The lowest BCUT2D eigenvalue weighted by Crippen LogP contribution is -2.05. The molecule has 0 aliphatic heterocycles. The van der Waals surface area contributed by atoms with Gasteiger partial charge in [0.05, 0.1) is 0 Å². The molecule has 0 spiro atoms. The highest BCUT2D eigenvalue weighted by Gasteiger charge is 2.66. The van der Waals surface area contributed by atoms with Gasteiger partial charge in [-0.2, -0.15) is 0 Å². The van der Waals surface area contributed by atoms with Gasteiger partial charge in [-0.1, -0.05) is 58.8 Å². The Labute approximate surface area is 92.4 Å². The van der Waals surface area contributed by atoms with Crippen LogP contribution in [-0.4, -0.2) is 5.92 Å². The SMILES string of the molecule is CCCCCCCCCC1(C)CC1(F)F. The van der Waals surface area contributed by atoms with E-state index >= 15 is 0 Å². The first kappa shape index (κ1) is 12.9. The van der Waals surface area contributed by atoms with Crippen molar-refractivity contribution in [1.29, 1.82) is 0 Å². The Bertz CT molecular complexity index is 189. The fourth-order valence-electron chi connectivity index (χ4n) is 2.19. The van der Waals surface area contributed by atoms with Crippen LogP contribution in [0.15, 0.2) is 0 Å². The summed E-state index contributed by atoms with van der Waals surface area (Å²) in [5, 5.41) is 0. The predicted molar refractivity (Wildman–Crippen MR) is 60.3 cm³/mol. The molecule has 1 atom stereocenters. The predicted octanol–water partition coefficient (Wildman–Crippen LogP) is 5.17. The first-order chi connectivity index (χ1) is 7.02. The number of halogens is 2. The van der Waals surface area contributed by atoms with E-state index < -0.39 is 11.3 Å². The van der Waals surface area contributed by atoms with Crippen molar-refractivity contribution in [2.45, 2.75) is 77.6 Å². The van der Waals surface area contributed by atoms with Gasteiger partial charge in [-0.05, 0) is 6.42 Å². The minimum Gasteiger partial charge on any atom is -0.206 e. The van der Waals surface area contributed by atoms with Crippen molar-refractivity contribution in [3.63, 3.8) is 0 Å². The molecule has 0 aromatic rings. The highest BCUT2D eigenvalue weighted by molar-refractivity contribution is 5.06. The largest absolute Gasteiger partial charge is 0.254 e. The van der Waals surface area contributed by atoms with Gasteiger partial charge in [-0.25, -0.2) is 8.78 Å². The van der Waals surface area contributed by atoms with Gasteiger partial charge in [0.25, 0.3) is 5.92 Å². The van der Waals surface area contributed by atoms with Gasteiger partial charge in [0.2, 0.25) is 0 Å². The molecule has 1 aliphatic carbocycles. The third-order valence-electron chi connectivity index (χ3n) is 3.70. The number of hydrogen-bond acceptors (Lipinski definition) is 0. The molecule has 0 bridgehead atoms. The van der Waals surface area contributed by atoms with Gasteiger partial charge >= 0.3 is 0 Å². The fraction of sp³-hybridized carbons (Fsp3) is 1.00. The molecule has 1 rings (SSSR count). The van der Waals surface area contributed by atoms with Crippen molar-refractivity contribution in [1.82, 2.24) is 0 Å². The molecule has 0 aromatic heterocycles. The van der Waals surface area contributed by atoms with Crippen LogP contribution in [0.25, 0.3) is 0 Å². The summed E-state index contributed by atoms with van der Waals surface area (Å²) in [4.78, 5) is 0. The number of unbranched alkanes of at least 4 members (excludes halogenated alkanes) is 6. The molecule has 0 saturated heterocycles. The maximum absolute atomic E-state index is 12.9. The molecule has 1 unspecified atom stereocenters. The second-order valence-corrected chi connectivity index (χ2v) is 5.31. The lowest BCUT2D eigenvalue weighted by Gasteiger charge is -2.09. The van der Waals surface area contributed by atoms with Crippen LogP contribution < -0.4 is 0 Å². The van der Waals surface area contributed by atoms with Gasteiger partial charge in [0.15, 0.2) is 0 Å². The molecule has 0 aromatic carbocycles. The molecule has 1 aliphatic rings. The molecule has 0 nitrogen and oxygen atoms in total. The van der Waals surface area contributed by atoms with Gasteiger partial charge in [0.1, 0.15) is 0 Å². The zero-order valence-corrected chi connectivity index (χ0v) is 10.1. The van der Waals surface area contributed by atoms with Gasteiger partial charge < -0.3 is 0 Å². The first-order valence-electron chi connectivity index (χ1n) is 6.40. The van der Waals surface area contributed by atoms with Crippen molar-refractivity contribution in [3.05, 3.63) is 0 Å². The van der Waals surface area contributed by atoms with Crippen molar-refractivity contribution in [2.24, 2.45) is 5.41 Å². The third kappa shape index (κ3) is 3.73. The maximum Gasteiger partial charge on any atom is 0.254 e. The van der Waals surface area contributed by atoms with E-state index in [2.05, 4.69) is 6.92 Å². The molecule has 0 heterocycles. The highest BCUT2D eigenvalue weighted by Crippen LogP contribution is 2.62. The Hall–Kier alpha value is -0.140. The second-order valence-electron chi connectivity index (χ2n) is 5.31. The normalized spacial score (nSPS) is 28.0. The molecule has 0 amide bonds. The van der Waals surface area contributed by atoms with Crippen LogP contribution in [0, 0.1) is 5.41 Å². The van der Waals surface area contributed by atoms with Crippen LogP contribution in [0.1, 0.15) is 71.6 Å². The lowest BCUT2D eigenvalue weighted by atomic mass is 9.99.